The Balaban J connectivity index is 1.47. The predicted octanol–water partition coefficient (Wildman–Crippen LogP) is 7.73. The highest BCUT2D eigenvalue weighted by Crippen LogP contribution is 2.35. The molecule has 1 saturated heterocycles. The second kappa shape index (κ2) is 10.1. The molecular weight excluding hydrogens is 532 g/mol. The van der Waals surface area contributed by atoms with E-state index in [-0.39, 0.29) is 5.91 Å². The Morgan fingerprint density at radius 2 is 1.74 bits per heavy atom. The van der Waals surface area contributed by atoms with Crippen LogP contribution in [0.1, 0.15) is 11.1 Å². The summed E-state index contributed by atoms with van der Waals surface area (Å²) in [5.41, 5.74) is 2.63. The van der Waals surface area contributed by atoms with Crippen molar-refractivity contribution in [2.45, 2.75) is 6.61 Å². The molecule has 1 aliphatic heterocycles. The van der Waals surface area contributed by atoms with E-state index in [0.29, 0.717) is 27.5 Å². The first-order chi connectivity index (χ1) is 16.5. The number of rotatable bonds is 5. The molecule has 168 valence electrons. The first-order valence-electron chi connectivity index (χ1n) is 10.5. The summed E-state index contributed by atoms with van der Waals surface area (Å²) >= 11 is 10.7. The molecule has 1 aliphatic rings. The van der Waals surface area contributed by atoms with E-state index in [4.69, 9.17) is 16.3 Å². The van der Waals surface area contributed by atoms with E-state index < -0.39 is 0 Å². The van der Waals surface area contributed by atoms with Crippen molar-refractivity contribution in [1.82, 2.24) is 5.32 Å². The molecule has 7 heteroatoms. The van der Waals surface area contributed by atoms with Crippen LogP contribution in [0.25, 0.3) is 16.8 Å². The first-order valence-corrected chi connectivity index (χ1v) is 12.5. The zero-order valence-corrected chi connectivity index (χ0v) is 21.0. The van der Waals surface area contributed by atoms with Gasteiger partial charge in [-0.1, -0.05) is 70.0 Å². The number of carbonyl (C=O) groups is 1. The molecule has 0 radical (unpaired) electrons. The van der Waals surface area contributed by atoms with Crippen molar-refractivity contribution >= 4 is 72.9 Å². The van der Waals surface area contributed by atoms with E-state index in [2.05, 4.69) is 26.2 Å². The van der Waals surface area contributed by atoms with Crippen LogP contribution in [0.2, 0.25) is 5.02 Å². The van der Waals surface area contributed by atoms with Crippen molar-refractivity contribution in [2.75, 3.05) is 0 Å². The summed E-state index contributed by atoms with van der Waals surface area (Å²) in [6.45, 7) is 0.390. The van der Waals surface area contributed by atoms with Crippen molar-refractivity contribution in [1.29, 1.82) is 0 Å². The molecule has 4 nitrogen and oxygen atoms in total. The molecule has 4 aromatic rings. The third-order valence-electron chi connectivity index (χ3n) is 5.22. The normalized spacial score (nSPS) is 15.8. The van der Waals surface area contributed by atoms with Gasteiger partial charge in [-0.3, -0.25) is 4.79 Å². The van der Waals surface area contributed by atoms with Gasteiger partial charge in [0.2, 0.25) is 0 Å². The van der Waals surface area contributed by atoms with Crippen LogP contribution in [-0.2, 0) is 11.4 Å². The van der Waals surface area contributed by atoms with Crippen LogP contribution in [0, 0.1) is 0 Å². The van der Waals surface area contributed by atoms with Crippen molar-refractivity contribution in [3.8, 4) is 5.75 Å². The lowest BCUT2D eigenvalue weighted by Gasteiger charge is -2.13. The Bertz CT molecular complexity index is 1430. The molecule has 0 spiro atoms. The third-order valence-corrected chi connectivity index (χ3v) is 6.91. The van der Waals surface area contributed by atoms with Crippen molar-refractivity contribution in [3.63, 3.8) is 0 Å². The van der Waals surface area contributed by atoms with Gasteiger partial charge in [0.15, 0.2) is 5.17 Å². The van der Waals surface area contributed by atoms with Crippen molar-refractivity contribution < 1.29 is 9.53 Å². The summed E-state index contributed by atoms with van der Waals surface area (Å²) < 4.78 is 7.16. The fourth-order valence-corrected chi connectivity index (χ4v) is 4.75. The van der Waals surface area contributed by atoms with Gasteiger partial charge in [-0.15, -0.1) is 0 Å². The summed E-state index contributed by atoms with van der Waals surface area (Å²) in [5, 5.41) is 6.17. The number of thioether (sulfide) groups is 1. The second-order valence-electron chi connectivity index (χ2n) is 7.57. The lowest BCUT2D eigenvalue weighted by Crippen LogP contribution is -2.19. The highest BCUT2D eigenvalue weighted by atomic mass is 79.9. The monoisotopic (exact) mass is 548 g/mol. The van der Waals surface area contributed by atoms with E-state index in [1.54, 1.807) is 0 Å². The summed E-state index contributed by atoms with van der Waals surface area (Å²) in [5.74, 6) is 0.519. The Kier molecular flexibility index (Phi) is 6.72. The quantitative estimate of drug-likeness (QED) is 0.259. The average Bonchev–Trinajstić information content (AvgIpc) is 3.19. The minimum absolute atomic E-state index is 0.183. The molecule has 0 saturated carbocycles. The number of nitrogens with zero attached hydrogens (tertiary/aromatic N) is 1. The molecule has 34 heavy (non-hydrogen) atoms. The fourth-order valence-electron chi connectivity index (χ4n) is 3.54. The number of hydrogen-bond donors (Lipinski definition) is 1. The summed E-state index contributed by atoms with van der Waals surface area (Å²) in [7, 11) is 0. The van der Waals surface area contributed by atoms with Gasteiger partial charge in [-0.2, -0.15) is 0 Å². The molecule has 0 aliphatic carbocycles. The largest absolute Gasteiger partial charge is 0.488 e. The maximum Gasteiger partial charge on any atom is 0.264 e. The van der Waals surface area contributed by atoms with Gasteiger partial charge in [-0.05, 0) is 76.6 Å². The molecule has 0 unspecified atom stereocenters. The Hall–Kier alpha value is -3.06. The topological polar surface area (TPSA) is 50.7 Å². The number of benzene rings is 4. The number of carbonyl (C=O) groups excluding carboxylic acids is 1. The van der Waals surface area contributed by atoms with Crippen LogP contribution in [0.4, 0.5) is 5.69 Å². The van der Waals surface area contributed by atoms with E-state index >= 15 is 0 Å². The van der Waals surface area contributed by atoms with E-state index in [1.165, 1.54) is 11.8 Å². The number of amidine groups is 1. The zero-order valence-electron chi connectivity index (χ0n) is 17.8. The molecule has 0 bridgehead atoms. The first kappa shape index (κ1) is 22.7. The highest BCUT2D eigenvalue weighted by molar-refractivity contribution is 9.10. The summed E-state index contributed by atoms with van der Waals surface area (Å²) in [6, 6.07) is 27.2. The van der Waals surface area contributed by atoms with Gasteiger partial charge in [-0.25, -0.2) is 4.99 Å². The molecule has 5 rings (SSSR count). The van der Waals surface area contributed by atoms with Gasteiger partial charge in [0.25, 0.3) is 5.91 Å². The maximum atomic E-state index is 12.8. The molecular formula is C27H18BrClN2O2S. The van der Waals surface area contributed by atoms with Crippen LogP contribution < -0.4 is 10.1 Å². The van der Waals surface area contributed by atoms with Crippen LogP contribution in [0.15, 0.2) is 99.3 Å². The van der Waals surface area contributed by atoms with Crippen LogP contribution in [-0.4, -0.2) is 11.1 Å². The van der Waals surface area contributed by atoms with Crippen LogP contribution in [0.3, 0.4) is 0 Å². The molecule has 1 fully saturated rings. The molecule has 4 aromatic carbocycles. The van der Waals surface area contributed by atoms with E-state index in [1.807, 2.05) is 91.0 Å². The highest BCUT2D eigenvalue weighted by Gasteiger charge is 2.25. The zero-order chi connectivity index (χ0) is 23.5. The van der Waals surface area contributed by atoms with E-state index in [0.717, 1.165) is 32.1 Å². The molecule has 1 amide bonds. The molecule has 1 N–H and O–H groups in total. The van der Waals surface area contributed by atoms with Crippen molar-refractivity contribution in [3.05, 3.63) is 110 Å². The number of aliphatic imine (C=N–C) groups is 1. The molecule has 0 atom stereocenters. The minimum atomic E-state index is -0.183. The maximum absolute atomic E-state index is 12.8. The fraction of sp³-hybridized carbons (Fsp3) is 0.0370. The van der Waals surface area contributed by atoms with Crippen LogP contribution >= 0.6 is 39.3 Å². The van der Waals surface area contributed by atoms with Gasteiger partial charge in [0.1, 0.15) is 12.4 Å². The third kappa shape index (κ3) is 5.20. The van der Waals surface area contributed by atoms with Gasteiger partial charge in [0.05, 0.1) is 10.6 Å². The standard InChI is InChI=1S/C27H18BrClN2O2S/c28-19-8-12-21(13-9-19)30-27-31-26(32)25(34-27)15-23-22-4-2-1-3-18(22)7-14-24(23)33-16-17-5-10-20(29)11-6-17/h1-15H,16H2,(H,30,31,32)/b25-15-. The van der Waals surface area contributed by atoms with Gasteiger partial charge >= 0.3 is 0 Å². The lowest BCUT2D eigenvalue weighted by molar-refractivity contribution is -0.115. The van der Waals surface area contributed by atoms with E-state index in [9.17, 15) is 4.79 Å². The lowest BCUT2D eigenvalue weighted by atomic mass is 10.0. The Morgan fingerprint density at radius 1 is 0.971 bits per heavy atom. The molecule has 1 heterocycles. The number of hydrogen-bond acceptors (Lipinski definition) is 4. The average molecular weight is 550 g/mol. The second-order valence-corrected chi connectivity index (χ2v) is 9.95. The number of halogens is 2. The SMILES string of the molecule is O=C1NC(=Nc2ccc(Br)cc2)S/C1=C\c1c(OCc2ccc(Cl)cc2)ccc2ccccc12. The summed E-state index contributed by atoms with van der Waals surface area (Å²) in [4.78, 5) is 17.9. The van der Waals surface area contributed by atoms with Gasteiger partial charge in [0, 0.05) is 15.1 Å². The Morgan fingerprint density at radius 3 is 2.53 bits per heavy atom. The van der Waals surface area contributed by atoms with Crippen LogP contribution in [0.5, 0.6) is 5.75 Å². The summed E-state index contributed by atoms with van der Waals surface area (Å²) in [6.07, 6.45) is 1.88. The molecule has 0 aromatic heterocycles. The predicted molar refractivity (Wildman–Crippen MR) is 145 cm³/mol. The Labute approximate surface area is 214 Å². The van der Waals surface area contributed by atoms with Crippen molar-refractivity contribution in [2.24, 2.45) is 4.99 Å². The number of nitrogens with one attached hydrogen (secondary N) is 1. The number of amides is 1. The minimum Gasteiger partial charge on any atom is -0.488 e. The smallest absolute Gasteiger partial charge is 0.264 e. The number of fused-ring (bicyclic) bond motifs is 1. The van der Waals surface area contributed by atoms with Gasteiger partial charge < -0.3 is 10.1 Å². The number of ether oxygens (including phenoxy) is 1.